The molecule has 0 fully saturated rings. The number of para-hydroxylation sites is 1. The van der Waals surface area contributed by atoms with Gasteiger partial charge in [0, 0.05) is 10.5 Å². The summed E-state index contributed by atoms with van der Waals surface area (Å²) in [5, 5.41) is 3.18. The molecule has 2 aromatic carbocycles. The van der Waals surface area contributed by atoms with Crippen LogP contribution in [0.3, 0.4) is 0 Å². The number of halogens is 3. The van der Waals surface area contributed by atoms with Crippen LogP contribution in [-0.4, -0.2) is 7.11 Å². The molecule has 1 atom stereocenters. The van der Waals surface area contributed by atoms with Gasteiger partial charge in [0.2, 0.25) is 0 Å². The third-order valence-electron chi connectivity index (χ3n) is 3.00. The number of hydrogen-bond donors (Lipinski definition) is 1. The standard InChI is InChI=1S/C15H14Br2FNO/c1-9(10-6-7-14(20-2)12(17)8-10)19-15-11(16)4-3-5-13(15)18/h3-9,19H,1-2H3. The van der Waals surface area contributed by atoms with Gasteiger partial charge >= 0.3 is 0 Å². The molecule has 0 radical (unpaired) electrons. The summed E-state index contributed by atoms with van der Waals surface area (Å²) in [6.07, 6.45) is 0. The molecule has 20 heavy (non-hydrogen) atoms. The first-order valence-electron chi connectivity index (χ1n) is 6.07. The Morgan fingerprint density at radius 1 is 1.15 bits per heavy atom. The van der Waals surface area contributed by atoms with E-state index in [1.54, 1.807) is 13.2 Å². The lowest BCUT2D eigenvalue weighted by Gasteiger charge is -2.18. The van der Waals surface area contributed by atoms with E-state index >= 15 is 0 Å². The van der Waals surface area contributed by atoms with Gasteiger partial charge in [-0.1, -0.05) is 12.1 Å². The number of benzene rings is 2. The number of hydrogen-bond acceptors (Lipinski definition) is 2. The van der Waals surface area contributed by atoms with Gasteiger partial charge in [0.05, 0.1) is 17.3 Å². The molecule has 2 aromatic rings. The highest BCUT2D eigenvalue weighted by Gasteiger charge is 2.12. The van der Waals surface area contributed by atoms with Crippen LogP contribution in [0.4, 0.5) is 10.1 Å². The number of methoxy groups -OCH3 is 1. The van der Waals surface area contributed by atoms with Crippen molar-refractivity contribution in [3.05, 3.63) is 56.7 Å². The van der Waals surface area contributed by atoms with Crippen LogP contribution < -0.4 is 10.1 Å². The first kappa shape index (κ1) is 15.3. The summed E-state index contributed by atoms with van der Waals surface area (Å²) in [6, 6.07) is 10.7. The SMILES string of the molecule is COc1ccc(C(C)Nc2c(F)cccc2Br)cc1Br. The summed E-state index contributed by atoms with van der Waals surface area (Å²) in [7, 11) is 1.62. The molecule has 1 unspecified atom stereocenters. The maximum absolute atomic E-state index is 13.8. The largest absolute Gasteiger partial charge is 0.496 e. The number of rotatable bonds is 4. The van der Waals surface area contributed by atoms with Crippen molar-refractivity contribution in [2.24, 2.45) is 0 Å². The lowest BCUT2D eigenvalue weighted by molar-refractivity contribution is 0.412. The van der Waals surface area contributed by atoms with Gasteiger partial charge in [-0.05, 0) is 68.6 Å². The van der Waals surface area contributed by atoms with Gasteiger partial charge in [-0.2, -0.15) is 0 Å². The average Bonchev–Trinajstić information content (AvgIpc) is 2.42. The Labute approximate surface area is 134 Å². The molecule has 106 valence electrons. The molecule has 0 spiro atoms. The van der Waals surface area contributed by atoms with E-state index in [-0.39, 0.29) is 11.9 Å². The third-order valence-corrected chi connectivity index (χ3v) is 4.28. The smallest absolute Gasteiger partial charge is 0.147 e. The predicted molar refractivity (Wildman–Crippen MR) is 86.8 cm³/mol. The monoisotopic (exact) mass is 401 g/mol. The summed E-state index contributed by atoms with van der Waals surface area (Å²) in [6.45, 7) is 1.98. The lowest BCUT2D eigenvalue weighted by Crippen LogP contribution is -2.08. The van der Waals surface area contributed by atoms with Crippen LogP contribution in [0, 0.1) is 5.82 Å². The molecule has 0 bridgehead atoms. The topological polar surface area (TPSA) is 21.3 Å². The van der Waals surface area contributed by atoms with E-state index in [1.165, 1.54) is 6.07 Å². The van der Waals surface area contributed by atoms with Crippen LogP contribution in [0.1, 0.15) is 18.5 Å². The zero-order chi connectivity index (χ0) is 14.7. The van der Waals surface area contributed by atoms with E-state index in [0.29, 0.717) is 10.2 Å². The summed E-state index contributed by atoms with van der Waals surface area (Å²) < 4.78 is 20.6. The van der Waals surface area contributed by atoms with Crippen LogP contribution >= 0.6 is 31.9 Å². The minimum atomic E-state index is -0.279. The van der Waals surface area contributed by atoms with E-state index in [9.17, 15) is 4.39 Å². The fourth-order valence-electron chi connectivity index (χ4n) is 1.89. The Morgan fingerprint density at radius 2 is 1.90 bits per heavy atom. The summed E-state index contributed by atoms with van der Waals surface area (Å²) in [5.41, 5.74) is 1.50. The molecule has 1 N–H and O–H groups in total. The number of anilines is 1. The molecule has 0 aliphatic heterocycles. The second-order valence-electron chi connectivity index (χ2n) is 4.36. The zero-order valence-electron chi connectivity index (χ0n) is 11.1. The number of nitrogens with one attached hydrogen (secondary N) is 1. The molecule has 0 aliphatic carbocycles. The molecule has 0 aliphatic rings. The Morgan fingerprint density at radius 3 is 2.50 bits per heavy atom. The molecule has 2 rings (SSSR count). The van der Waals surface area contributed by atoms with Gasteiger partial charge in [-0.25, -0.2) is 4.39 Å². The van der Waals surface area contributed by atoms with Gasteiger partial charge in [0.15, 0.2) is 0 Å². The average molecular weight is 403 g/mol. The van der Waals surface area contributed by atoms with Crippen molar-refractivity contribution in [1.29, 1.82) is 0 Å². The normalized spacial score (nSPS) is 12.1. The highest BCUT2D eigenvalue weighted by Crippen LogP contribution is 2.32. The molecule has 0 saturated heterocycles. The Hall–Kier alpha value is -1.07. The third kappa shape index (κ3) is 3.33. The quantitative estimate of drug-likeness (QED) is 0.725. The first-order valence-corrected chi connectivity index (χ1v) is 7.65. The molecular weight excluding hydrogens is 389 g/mol. The van der Waals surface area contributed by atoms with Crippen molar-refractivity contribution in [3.63, 3.8) is 0 Å². The van der Waals surface area contributed by atoms with Crippen molar-refractivity contribution >= 4 is 37.5 Å². The fraction of sp³-hybridized carbons (Fsp3) is 0.200. The minimum Gasteiger partial charge on any atom is -0.496 e. The van der Waals surface area contributed by atoms with Gasteiger partial charge in [0.1, 0.15) is 11.6 Å². The highest BCUT2D eigenvalue weighted by molar-refractivity contribution is 9.11. The Bertz CT molecular complexity index is 599. The second kappa shape index (κ2) is 6.59. The molecule has 0 saturated carbocycles. The fourth-order valence-corrected chi connectivity index (χ4v) is 2.90. The molecule has 2 nitrogen and oxygen atoms in total. The van der Waals surface area contributed by atoms with Crippen LogP contribution in [0.2, 0.25) is 0 Å². The van der Waals surface area contributed by atoms with Gasteiger partial charge in [-0.3, -0.25) is 0 Å². The summed E-state index contributed by atoms with van der Waals surface area (Å²) in [5.74, 6) is 0.492. The van der Waals surface area contributed by atoms with Crippen LogP contribution in [0.5, 0.6) is 5.75 Å². The zero-order valence-corrected chi connectivity index (χ0v) is 14.3. The summed E-state index contributed by atoms with van der Waals surface area (Å²) >= 11 is 6.81. The number of ether oxygens (including phenoxy) is 1. The van der Waals surface area contributed by atoms with Crippen LogP contribution in [-0.2, 0) is 0 Å². The molecule has 0 amide bonds. The van der Waals surface area contributed by atoms with Gasteiger partial charge < -0.3 is 10.1 Å². The van der Waals surface area contributed by atoms with E-state index in [1.807, 2.05) is 31.2 Å². The van der Waals surface area contributed by atoms with Crippen molar-refractivity contribution < 1.29 is 9.13 Å². The molecule has 0 aromatic heterocycles. The van der Waals surface area contributed by atoms with E-state index in [4.69, 9.17) is 4.74 Å². The molecule has 0 heterocycles. The van der Waals surface area contributed by atoms with Gasteiger partial charge in [-0.15, -0.1) is 0 Å². The van der Waals surface area contributed by atoms with E-state index in [2.05, 4.69) is 37.2 Å². The van der Waals surface area contributed by atoms with Crippen molar-refractivity contribution in [1.82, 2.24) is 0 Å². The molecular formula is C15H14Br2FNO. The van der Waals surface area contributed by atoms with Gasteiger partial charge in [0.25, 0.3) is 0 Å². The van der Waals surface area contributed by atoms with Crippen LogP contribution in [0.25, 0.3) is 0 Å². The highest BCUT2D eigenvalue weighted by atomic mass is 79.9. The Kier molecular flexibility index (Phi) is 5.05. The van der Waals surface area contributed by atoms with Crippen LogP contribution in [0.15, 0.2) is 45.3 Å². The Balaban J connectivity index is 2.24. The van der Waals surface area contributed by atoms with Crippen molar-refractivity contribution in [3.8, 4) is 5.75 Å². The second-order valence-corrected chi connectivity index (χ2v) is 6.07. The predicted octanol–water partition coefficient (Wildman–Crippen LogP) is 5.53. The van der Waals surface area contributed by atoms with E-state index < -0.39 is 0 Å². The van der Waals surface area contributed by atoms with E-state index in [0.717, 1.165) is 15.8 Å². The summed E-state index contributed by atoms with van der Waals surface area (Å²) in [4.78, 5) is 0. The lowest BCUT2D eigenvalue weighted by atomic mass is 10.1. The maximum Gasteiger partial charge on any atom is 0.147 e. The van der Waals surface area contributed by atoms with Crippen molar-refractivity contribution in [2.75, 3.05) is 12.4 Å². The molecule has 5 heteroatoms. The first-order chi connectivity index (χ1) is 9.52. The van der Waals surface area contributed by atoms with Crippen molar-refractivity contribution in [2.45, 2.75) is 13.0 Å². The maximum atomic E-state index is 13.8. The minimum absolute atomic E-state index is 0.0367.